The summed E-state index contributed by atoms with van der Waals surface area (Å²) in [5.41, 5.74) is -0.369. The second-order valence-corrected chi connectivity index (χ2v) is 6.14. The molecule has 0 aromatic heterocycles. The van der Waals surface area contributed by atoms with Crippen molar-refractivity contribution in [2.24, 2.45) is 5.92 Å². The molecular weight excluding hydrogens is 226 g/mol. The summed E-state index contributed by atoms with van der Waals surface area (Å²) in [6.07, 6.45) is 6.10. The summed E-state index contributed by atoms with van der Waals surface area (Å²) in [5, 5.41) is 3.44. The van der Waals surface area contributed by atoms with E-state index in [0.29, 0.717) is 12.0 Å². The molecule has 0 aromatic rings. The highest BCUT2D eigenvalue weighted by Crippen LogP contribution is 2.33. The van der Waals surface area contributed by atoms with Gasteiger partial charge in [-0.15, -0.1) is 0 Å². The van der Waals surface area contributed by atoms with Crippen molar-refractivity contribution in [3.63, 3.8) is 0 Å². The molecule has 3 nitrogen and oxygen atoms in total. The number of esters is 1. The Bertz CT molecular complexity index is 256. The predicted octanol–water partition coefficient (Wildman–Crippen LogP) is 3.28. The minimum Gasteiger partial charge on any atom is -0.459 e. The molecule has 18 heavy (non-hydrogen) atoms. The quantitative estimate of drug-likeness (QED) is 0.731. The third-order valence-corrected chi connectivity index (χ3v) is 3.55. The van der Waals surface area contributed by atoms with E-state index in [1.165, 1.54) is 25.7 Å². The lowest BCUT2D eigenvalue weighted by atomic mass is 9.85. The van der Waals surface area contributed by atoms with Crippen LogP contribution in [-0.4, -0.2) is 23.7 Å². The van der Waals surface area contributed by atoms with Crippen LogP contribution in [0.25, 0.3) is 0 Å². The van der Waals surface area contributed by atoms with E-state index in [-0.39, 0.29) is 17.6 Å². The summed E-state index contributed by atoms with van der Waals surface area (Å²) >= 11 is 0. The Balaban J connectivity index is 0.000000771. The first-order chi connectivity index (χ1) is 8.46. The molecule has 1 saturated heterocycles. The van der Waals surface area contributed by atoms with Gasteiger partial charge in [0.15, 0.2) is 0 Å². The van der Waals surface area contributed by atoms with Crippen molar-refractivity contribution in [2.75, 3.05) is 0 Å². The SMILES string of the molecule is CC.CC(C)(C)OC(=O)C1CC2CCCCC2N1. The number of hydrogen-bond acceptors (Lipinski definition) is 3. The third kappa shape index (κ3) is 4.27. The summed E-state index contributed by atoms with van der Waals surface area (Å²) in [6.45, 7) is 9.77. The van der Waals surface area contributed by atoms with Crippen molar-refractivity contribution in [1.29, 1.82) is 0 Å². The van der Waals surface area contributed by atoms with Gasteiger partial charge in [0.2, 0.25) is 0 Å². The molecule has 1 N–H and O–H groups in total. The summed E-state index contributed by atoms with van der Waals surface area (Å²) < 4.78 is 5.43. The second-order valence-electron chi connectivity index (χ2n) is 6.14. The molecule has 3 atom stereocenters. The van der Waals surface area contributed by atoms with Crippen LogP contribution in [0.3, 0.4) is 0 Å². The van der Waals surface area contributed by atoms with Gasteiger partial charge < -0.3 is 10.1 Å². The van der Waals surface area contributed by atoms with Crippen LogP contribution in [0.4, 0.5) is 0 Å². The number of hydrogen-bond donors (Lipinski definition) is 1. The Kier molecular flexibility index (Phi) is 5.64. The molecule has 2 aliphatic rings. The summed E-state index contributed by atoms with van der Waals surface area (Å²) in [7, 11) is 0. The Labute approximate surface area is 112 Å². The van der Waals surface area contributed by atoms with Gasteiger partial charge in [-0.25, -0.2) is 0 Å². The largest absolute Gasteiger partial charge is 0.459 e. The average molecular weight is 255 g/mol. The van der Waals surface area contributed by atoms with Gasteiger partial charge in [0, 0.05) is 6.04 Å². The smallest absolute Gasteiger partial charge is 0.323 e. The van der Waals surface area contributed by atoms with Gasteiger partial charge in [-0.1, -0.05) is 26.7 Å². The van der Waals surface area contributed by atoms with Crippen molar-refractivity contribution in [3.05, 3.63) is 0 Å². The first kappa shape index (κ1) is 15.5. The maximum Gasteiger partial charge on any atom is 0.323 e. The average Bonchev–Trinajstić information content (AvgIpc) is 2.73. The maximum absolute atomic E-state index is 11.9. The van der Waals surface area contributed by atoms with Gasteiger partial charge in [0.05, 0.1) is 0 Å². The number of fused-ring (bicyclic) bond motifs is 1. The molecule has 3 unspecified atom stereocenters. The molecule has 0 radical (unpaired) electrons. The van der Waals surface area contributed by atoms with Gasteiger partial charge in [-0.3, -0.25) is 4.79 Å². The lowest BCUT2D eigenvalue weighted by molar-refractivity contribution is -0.157. The van der Waals surface area contributed by atoms with Crippen LogP contribution in [0.2, 0.25) is 0 Å². The fraction of sp³-hybridized carbons (Fsp3) is 0.933. The number of carbonyl (C=O) groups is 1. The topological polar surface area (TPSA) is 38.3 Å². The lowest BCUT2D eigenvalue weighted by Crippen LogP contribution is -2.40. The second kappa shape index (κ2) is 6.55. The van der Waals surface area contributed by atoms with E-state index in [1.54, 1.807) is 0 Å². The Morgan fingerprint density at radius 3 is 2.33 bits per heavy atom. The third-order valence-electron chi connectivity index (χ3n) is 3.55. The van der Waals surface area contributed by atoms with Crippen LogP contribution in [0.15, 0.2) is 0 Å². The minimum atomic E-state index is -0.369. The first-order valence-corrected chi connectivity index (χ1v) is 7.44. The molecular formula is C15H29NO2. The molecule has 1 aliphatic carbocycles. The van der Waals surface area contributed by atoms with E-state index in [0.717, 1.165) is 6.42 Å². The van der Waals surface area contributed by atoms with Crippen LogP contribution in [0.1, 0.15) is 66.7 Å². The van der Waals surface area contributed by atoms with Crippen LogP contribution < -0.4 is 5.32 Å². The fourth-order valence-corrected chi connectivity index (χ4v) is 2.88. The molecule has 1 saturated carbocycles. The summed E-state index contributed by atoms with van der Waals surface area (Å²) in [5.74, 6) is 0.633. The van der Waals surface area contributed by atoms with E-state index in [4.69, 9.17) is 4.74 Å². The van der Waals surface area contributed by atoms with Crippen molar-refractivity contribution in [3.8, 4) is 0 Å². The standard InChI is InChI=1S/C13H23NO2.C2H6/c1-13(2,3)16-12(15)11-8-9-6-4-5-7-10(9)14-11;1-2/h9-11,14H,4-8H2,1-3H3;1-2H3. The molecule has 0 bridgehead atoms. The molecule has 2 fully saturated rings. The number of carbonyl (C=O) groups excluding carboxylic acids is 1. The zero-order valence-electron chi connectivity index (χ0n) is 12.6. The number of rotatable bonds is 1. The van der Waals surface area contributed by atoms with E-state index in [2.05, 4.69) is 5.32 Å². The Morgan fingerprint density at radius 2 is 1.78 bits per heavy atom. The van der Waals surface area contributed by atoms with E-state index in [9.17, 15) is 4.79 Å². The summed E-state index contributed by atoms with van der Waals surface area (Å²) in [6, 6.07) is 0.499. The van der Waals surface area contributed by atoms with Crippen molar-refractivity contribution >= 4 is 5.97 Å². The van der Waals surface area contributed by atoms with Gasteiger partial charge in [-0.05, 0) is 46.0 Å². The predicted molar refractivity (Wildman–Crippen MR) is 74.5 cm³/mol. The Hall–Kier alpha value is -0.570. The lowest BCUT2D eigenvalue weighted by Gasteiger charge is -2.24. The van der Waals surface area contributed by atoms with Crippen LogP contribution in [0.5, 0.6) is 0 Å². The zero-order valence-corrected chi connectivity index (χ0v) is 12.6. The van der Waals surface area contributed by atoms with Crippen molar-refractivity contribution in [1.82, 2.24) is 5.32 Å². The zero-order chi connectivity index (χ0) is 13.8. The molecule has 0 amide bonds. The molecule has 106 valence electrons. The molecule has 3 heteroatoms. The highest BCUT2D eigenvalue weighted by Gasteiger charge is 2.39. The molecule has 1 aliphatic heterocycles. The summed E-state index contributed by atoms with van der Waals surface area (Å²) in [4.78, 5) is 11.9. The van der Waals surface area contributed by atoms with Gasteiger partial charge >= 0.3 is 5.97 Å². The first-order valence-electron chi connectivity index (χ1n) is 7.44. The molecule has 1 heterocycles. The van der Waals surface area contributed by atoms with Gasteiger partial charge in [0.1, 0.15) is 11.6 Å². The normalized spacial score (nSPS) is 31.1. The van der Waals surface area contributed by atoms with E-state index < -0.39 is 0 Å². The van der Waals surface area contributed by atoms with E-state index >= 15 is 0 Å². The number of ether oxygens (including phenoxy) is 1. The minimum absolute atomic E-state index is 0.0627. The van der Waals surface area contributed by atoms with Crippen LogP contribution >= 0.6 is 0 Å². The van der Waals surface area contributed by atoms with Crippen LogP contribution in [0, 0.1) is 5.92 Å². The molecule has 0 aromatic carbocycles. The van der Waals surface area contributed by atoms with Crippen molar-refractivity contribution < 1.29 is 9.53 Å². The molecule has 2 rings (SSSR count). The van der Waals surface area contributed by atoms with Crippen molar-refractivity contribution in [2.45, 2.75) is 84.4 Å². The van der Waals surface area contributed by atoms with E-state index in [1.807, 2.05) is 34.6 Å². The van der Waals surface area contributed by atoms with Gasteiger partial charge in [-0.2, -0.15) is 0 Å². The Morgan fingerprint density at radius 1 is 1.17 bits per heavy atom. The monoisotopic (exact) mass is 255 g/mol. The highest BCUT2D eigenvalue weighted by atomic mass is 16.6. The van der Waals surface area contributed by atoms with Crippen LogP contribution in [-0.2, 0) is 9.53 Å². The fourth-order valence-electron chi connectivity index (χ4n) is 2.88. The highest BCUT2D eigenvalue weighted by molar-refractivity contribution is 5.76. The maximum atomic E-state index is 11.9. The number of nitrogens with one attached hydrogen (secondary N) is 1. The van der Waals surface area contributed by atoms with Gasteiger partial charge in [0.25, 0.3) is 0 Å². The molecule has 0 spiro atoms.